The highest BCUT2D eigenvalue weighted by atomic mass is 32.2. The van der Waals surface area contributed by atoms with Crippen molar-refractivity contribution in [2.24, 2.45) is 0 Å². The number of nitro benzene ring substituents is 1. The van der Waals surface area contributed by atoms with Gasteiger partial charge in [-0.2, -0.15) is 0 Å². The van der Waals surface area contributed by atoms with E-state index >= 15 is 0 Å². The first-order chi connectivity index (χ1) is 8.62. The number of hydrogen-bond acceptors (Lipinski definition) is 3. The maximum atomic E-state index is 11.1. The van der Waals surface area contributed by atoms with Crippen molar-refractivity contribution in [3.63, 3.8) is 0 Å². The molecule has 0 fully saturated rings. The SMILES string of the molecule is C[S+](C)/C=C/c1cc(C(C)(C)C)c([N+](=O)[O-])cc1N. The Morgan fingerprint density at radius 2 is 1.89 bits per heavy atom. The summed E-state index contributed by atoms with van der Waals surface area (Å²) in [6.45, 7) is 5.88. The molecule has 0 heterocycles. The quantitative estimate of drug-likeness (QED) is 0.400. The van der Waals surface area contributed by atoms with E-state index in [0.29, 0.717) is 11.3 Å². The molecule has 0 saturated heterocycles. The summed E-state index contributed by atoms with van der Waals surface area (Å²) in [7, 11) is 0.164. The van der Waals surface area contributed by atoms with Gasteiger partial charge in [-0.05, 0) is 17.6 Å². The van der Waals surface area contributed by atoms with Crippen molar-refractivity contribution in [1.82, 2.24) is 0 Å². The predicted molar refractivity (Wildman–Crippen MR) is 84.5 cm³/mol. The van der Waals surface area contributed by atoms with E-state index in [-0.39, 0.29) is 26.9 Å². The minimum atomic E-state index is -0.366. The molecule has 0 amide bonds. The first kappa shape index (κ1) is 15.6. The van der Waals surface area contributed by atoms with Crippen molar-refractivity contribution in [2.45, 2.75) is 26.2 Å². The van der Waals surface area contributed by atoms with Crippen molar-refractivity contribution in [3.8, 4) is 0 Å². The molecule has 2 N–H and O–H groups in total. The van der Waals surface area contributed by atoms with Crippen molar-refractivity contribution < 1.29 is 4.92 Å². The second kappa shape index (κ2) is 5.65. The Morgan fingerprint density at radius 1 is 1.32 bits per heavy atom. The molecule has 0 aliphatic carbocycles. The highest BCUT2D eigenvalue weighted by molar-refractivity contribution is 7.98. The third kappa shape index (κ3) is 3.99. The lowest BCUT2D eigenvalue weighted by molar-refractivity contribution is -0.385. The molecule has 4 nitrogen and oxygen atoms in total. The molecule has 0 aliphatic rings. The molecule has 0 aromatic heterocycles. The summed E-state index contributed by atoms with van der Waals surface area (Å²) in [6, 6.07) is 3.29. The molecule has 0 radical (unpaired) electrons. The predicted octanol–water partition coefficient (Wildman–Crippen LogP) is 3.32. The van der Waals surface area contributed by atoms with E-state index in [9.17, 15) is 10.1 Å². The summed E-state index contributed by atoms with van der Waals surface area (Å²) in [4.78, 5) is 10.8. The Balaban J connectivity index is 3.43. The fourth-order valence-corrected chi connectivity index (χ4v) is 2.15. The first-order valence-corrected chi connectivity index (χ1v) is 8.06. The van der Waals surface area contributed by atoms with E-state index in [1.165, 1.54) is 6.07 Å². The molecule has 1 aromatic rings. The van der Waals surface area contributed by atoms with Gasteiger partial charge in [0, 0.05) is 33.8 Å². The lowest BCUT2D eigenvalue weighted by Crippen LogP contribution is -2.14. The lowest BCUT2D eigenvalue weighted by Gasteiger charge is -2.20. The fourth-order valence-electron chi connectivity index (χ4n) is 1.73. The highest BCUT2D eigenvalue weighted by Gasteiger charge is 2.26. The number of anilines is 1. The smallest absolute Gasteiger partial charge is 0.275 e. The van der Waals surface area contributed by atoms with E-state index < -0.39 is 0 Å². The van der Waals surface area contributed by atoms with Crippen molar-refractivity contribution in [2.75, 3.05) is 18.2 Å². The molecule has 104 valence electrons. The second-order valence-electron chi connectivity index (χ2n) is 5.69. The van der Waals surface area contributed by atoms with Crippen LogP contribution in [0.3, 0.4) is 0 Å². The molecular formula is C14H21N2O2S+. The monoisotopic (exact) mass is 281 g/mol. The van der Waals surface area contributed by atoms with Crippen LogP contribution in [0.4, 0.5) is 11.4 Å². The zero-order chi connectivity index (χ0) is 14.8. The number of rotatable bonds is 3. The fraction of sp³-hybridized carbons (Fsp3) is 0.429. The van der Waals surface area contributed by atoms with Crippen LogP contribution in [-0.4, -0.2) is 17.4 Å². The molecule has 19 heavy (non-hydrogen) atoms. The molecule has 0 aliphatic heterocycles. The average molecular weight is 281 g/mol. The van der Waals surface area contributed by atoms with Crippen LogP contribution >= 0.6 is 0 Å². The molecule has 1 aromatic carbocycles. The minimum Gasteiger partial charge on any atom is -0.398 e. The van der Waals surface area contributed by atoms with Crippen LogP contribution in [0.5, 0.6) is 0 Å². The van der Waals surface area contributed by atoms with Gasteiger partial charge in [0.1, 0.15) is 17.9 Å². The maximum Gasteiger partial charge on any atom is 0.275 e. The highest BCUT2D eigenvalue weighted by Crippen LogP contribution is 2.35. The molecular weight excluding hydrogens is 260 g/mol. The first-order valence-electron chi connectivity index (χ1n) is 5.96. The number of nitrogen functional groups attached to an aromatic ring is 1. The second-order valence-corrected chi connectivity index (χ2v) is 7.72. The molecule has 0 unspecified atom stereocenters. The van der Waals surface area contributed by atoms with Crippen LogP contribution in [0, 0.1) is 10.1 Å². The van der Waals surface area contributed by atoms with Crippen molar-refractivity contribution >= 4 is 28.3 Å². The third-order valence-corrected chi connectivity index (χ3v) is 3.41. The zero-order valence-electron chi connectivity index (χ0n) is 12.1. The summed E-state index contributed by atoms with van der Waals surface area (Å²) in [5.41, 5.74) is 7.70. The molecule has 5 heteroatoms. The zero-order valence-corrected chi connectivity index (χ0v) is 12.9. The number of nitrogens with two attached hydrogens (primary N) is 1. The number of benzene rings is 1. The van der Waals surface area contributed by atoms with Gasteiger partial charge in [-0.1, -0.05) is 20.8 Å². The summed E-state index contributed by atoms with van der Waals surface area (Å²) < 4.78 is 0. The van der Waals surface area contributed by atoms with Gasteiger partial charge in [0.15, 0.2) is 0 Å². The summed E-state index contributed by atoms with van der Waals surface area (Å²) in [5.74, 6) is 0. The molecule has 0 atom stereocenters. The van der Waals surface area contributed by atoms with E-state index in [4.69, 9.17) is 5.73 Å². The molecule has 0 spiro atoms. The Kier molecular flexibility index (Phi) is 4.63. The minimum absolute atomic E-state index is 0.0918. The third-order valence-electron chi connectivity index (χ3n) is 2.73. The van der Waals surface area contributed by atoms with Crippen LogP contribution < -0.4 is 5.73 Å². The molecule has 0 saturated carbocycles. The normalized spacial score (nSPS) is 12.3. The Labute approximate surface area is 117 Å². The molecule has 1 rings (SSSR count). The maximum absolute atomic E-state index is 11.1. The standard InChI is InChI=1S/C14H21N2O2S/c1-14(2,3)11-8-10(6-7-19(4)5)12(15)9-13(11)16(17)18/h6-9H,15H2,1-5H3/q+1/b7-6+. The summed E-state index contributed by atoms with van der Waals surface area (Å²) in [6.07, 6.45) is 6.14. The van der Waals surface area contributed by atoms with Gasteiger partial charge in [0.05, 0.1) is 4.92 Å². The summed E-state index contributed by atoms with van der Waals surface area (Å²) in [5, 5.41) is 13.2. The average Bonchev–Trinajstić information content (AvgIpc) is 2.24. The van der Waals surface area contributed by atoms with Gasteiger partial charge in [0.25, 0.3) is 5.69 Å². The van der Waals surface area contributed by atoms with Crippen molar-refractivity contribution in [1.29, 1.82) is 0 Å². The van der Waals surface area contributed by atoms with Gasteiger partial charge >= 0.3 is 0 Å². The number of nitrogens with zero attached hydrogens (tertiary/aromatic N) is 1. The van der Waals surface area contributed by atoms with Crippen molar-refractivity contribution in [3.05, 3.63) is 38.8 Å². The Morgan fingerprint density at radius 3 is 2.32 bits per heavy atom. The Bertz CT molecular complexity index is 517. The topological polar surface area (TPSA) is 69.2 Å². The number of hydrogen-bond donors (Lipinski definition) is 1. The van der Waals surface area contributed by atoms with Crippen LogP contribution in [0.15, 0.2) is 17.5 Å². The van der Waals surface area contributed by atoms with E-state index in [1.807, 2.05) is 32.9 Å². The lowest BCUT2D eigenvalue weighted by atomic mass is 9.84. The number of nitro groups is 1. The Hall–Kier alpha value is -1.49. The molecule has 0 bridgehead atoms. The van der Waals surface area contributed by atoms with Crippen LogP contribution in [-0.2, 0) is 16.3 Å². The van der Waals surface area contributed by atoms with E-state index in [2.05, 4.69) is 17.9 Å². The largest absolute Gasteiger partial charge is 0.398 e. The van der Waals surface area contributed by atoms with Gasteiger partial charge in [0.2, 0.25) is 0 Å². The van der Waals surface area contributed by atoms with Gasteiger partial charge in [-0.25, -0.2) is 0 Å². The van der Waals surface area contributed by atoms with E-state index in [0.717, 1.165) is 5.56 Å². The van der Waals surface area contributed by atoms with Crippen LogP contribution in [0.2, 0.25) is 0 Å². The van der Waals surface area contributed by atoms with Crippen LogP contribution in [0.25, 0.3) is 6.08 Å². The summed E-state index contributed by atoms with van der Waals surface area (Å²) >= 11 is 0. The van der Waals surface area contributed by atoms with Crippen LogP contribution in [0.1, 0.15) is 31.9 Å². The van der Waals surface area contributed by atoms with E-state index in [1.54, 1.807) is 0 Å². The van der Waals surface area contributed by atoms with Gasteiger partial charge in [-0.15, -0.1) is 0 Å². The van der Waals surface area contributed by atoms with Gasteiger partial charge < -0.3 is 5.73 Å². The van der Waals surface area contributed by atoms with Gasteiger partial charge in [-0.3, -0.25) is 10.1 Å².